The van der Waals surface area contributed by atoms with Gasteiger partial charge in [-0.25, -0.2) is 9.50 Å². The van der Waals surface area contributed by atoms with Crippen LogP contribution >= 0.6 is 0 Å². The van der Waals surface area contributed by atoms with E-state index in [1.165, 1.54) is 18.4 Å². The predicted octanol–water partition coefficient (Wildman–Crippen LogP) is 2.95. The van der Waals surface area contributed by atoms with Crippen molar-refractivity contribution in [1.82, 2.24) is 19.9 Å². The third-order valence-electron chi connectivity index (χ3n) is 3.87. The molecule has 19 heavy (non-hydrogen) atoms. The Morgan fingerprint density at radius 2 is 2.05 bits per heavy atom. The number of nitrogens with zero attached hydrogens (tertiary/aromatic N) is 3. The minimum absolute atomic E-state index is 0.532. The first-order valence-electron chi connectivity index (χ1n) is 7.18. The largest absolute Gasteiger partial charge is 0.310 e. The van der Waals surface area contributed by atoms with Crippen molar-refractivity contribution < 1.29 is 0 Å². The van der Waals surface area contributed by atoms with Gasteiger partial charge < -0.3 is 5.32 Å². The average molecular weight is 260 g/mol. The fourth-order valence-corrected chi connectivity index (χ4v) is 2.57. The van der Waals surface area contributed by atoms with Crippen molar-refractivity contribution in [2.45, 2.75) is 53.1 Å². The molecule has 0 spiro atoms. The van der Waals surface area contributed by atoms with Crippen molar-refractivity contribution in [3.8, 4) is 0 Å². The van der Waals surface area contributed by atoms with Crippen LogP contribution in [0, 0.1) is 12.8 Å². The zero-order valence-electron chi connectivity index (χ0n) is 12.3. The molecule has 1 atom stereocenters. The molecule has 2 aromatic rings. The van der Waals surface area contributed by atoms with Gasteiger partial charge in [-0.2, -0.15) is 5.10 Å². The van der Waals surface area contributed by atoms with Gasteiger partial charge in [0.15, 0.2) is 5.65 Å². The summed E-state index contributed by atoms with van der Waals surface area (Å²) >= 11 is 0. The second kappa shape index (κ2) is 6.15. The Balaban J connectivity index is 2.01. The molecule has 0 fully saturated rings. The maximum Gasteiger partial charge on any atom is 0.155 e. The summed E-state index contributed by atoms with van der Waals surface area (Å²) in [5.41, 5.74) is 3.09. The molecule has 0 amide bonds. The molecule has 104 valence electrons. The molecule has 0 aliphatic heterocycles. The number of hydrogen-bond donors (Lipinski definition) is 1. The molecule has 0 bridgehead atoms. The lowest BCUT2D eigenvalue weighted by Gasteiger charge is -2.22. The summed E-state index contributed by atoms with van der Waals surface area (Å²) in [6, 6.07) is 2.52. The van der Waals surface area contributed by atoms with Crippen molar-refractivity contribution in [2.24, 2.45) is 5.92 Å². The fraction of sp³-hybridized carbons (Fsp3) is 0.600. The van der Waals surface area contributed by atoms with Gasteiger partial charge in [-0.15, -0.1) is 0 Å². The lowest BCUT2D eigenvalue weighted by molar-refractivity contribution is 0.353. The highest BCUT2D eigenvalue weighted by Crippen LogP contribution is 2.13. The van der Waals surface area contributed by atoms with E-state index < -0.39 is 0 Å². The molecule has 2 rings (SSSR count). The number of nitrogens with one attached hydrogen (secondary N) is 1. The summed E-state index contributed by atoms with van der Waals surface area (Å²) in [6.45, 7) is 9.61. The lowest BCUT2D eigenvalue weighted by Crippen LogP contribution is -2.32. The third kappa shape index (κ3) is 3.32. The van der Waals surface area contributed by atoms with Crippen molar-refractivity contribution >= 4 is 5.65 Å². The maximum absolute atomic E-state index is 4.43. The Morgan fingerprint density at radius 1 is 1.32 bits per heavy atom. The van der Waals surface area contributed by atoms with E-state index in [1.807, 2.05) is 23.7 Å². The summed E-state index contributed by atoms with van der Waals surface area (Å²) in [4.78, 5) is 4.43. The van der Waals surface area contributed by atoms with Crippen LogP contribution in [0.5, 0.6) is 0 Å². The molecular weight excluding hydrogens is 236 g/mol. The highest BCUT2D eigenvalue weighted by molar-refractivity contribution is 5.38. The Bertz CT molecular complexity index is 528. The zero-order chi connectivity index (χ0) is 13.8. The third-order valence-corrected chi connectivity index (χ3v) is 3.87. The van der Waals surface area contributed by atoms with Gasteiger partial charge in [0.1, 0.15) is 0 Å². The second-order valence-corrected chi connectivity index (χ2v) is 5.30. The molecule has 0 saturated heterocycles. The normalized spacial score (nSPS) is 13.3. The number of fused-ring (bicyclic) bond motifs is 1. The van der Waals surface area contributed by atoms with Crippen LogP contribution in [0.2, 0.25) is 0 Å². The number of aromatic nitrogens is 3. The molecule has 2 aromatic heterocycles. The monoisotopic (exact) mass is 260 g/mol. The van der Waals surface area contributed by atoms with Crippen molar-refractivity contribution in [3.05, 3.63) is 29.7 Å². The molecular formula is C15H24N4. The molecule has 0 aliphatic rings. The number of hydrogen-bond acceptors (Lipinski definition) is 3. The van der Waals surface area contributed by atoms with Crippen LogP contribution in [0.15, 0.2) is 18.5 Å². The predicted molar refractivity (Wildman–Crippen MR) is 78.1 cm³/mol. The minimum atomic E-state index is 0.532. The number of aryl methyl sites for hydroxylation is 1. The van der Waals surface area contributed by atoms with Crippen molar-refractivity contribution in [1.29, 1.82) is 0 Å². The van der Waals surface area contributed by atoms with Crippen LogP contribution in [-0.2, 0) is 6.54 Å². The topological polar surface area (TPSA) is 42.2 Å². The Kier molecular flexibility index (Phi) is 4.53. The van der Waals surface area contributed by atoms with E-state index in [0.717, 1.165) is 23.8 Å². The first kappa shape index (κ1) is 14.0. The molecule has 0 radical (unpaired) electrons. The first-order valence-corrected chi connectivity index (χ1v) is 7.18. The second-order valence-electron chi connectivity index (χ2n) is 5.30. The lowest BCUT2D eigenvalue weighted by atomic mass is 9.95. The van der Waals surface area contributed by atoms with Crippen LogP contribution in [0.25, 0.3) is 5.65 Å². The van der Waals surface area contributed by atoms with Gasteiger partial charge in [0.2, 0.25) is 0 Å². The van der Waals surface area contributed by atoms with Gasteiger partial charge in [0, 0.05) is 36.6 Å². The molecule has 4 nitrogen and oxygen atoms in total. The van der Waals surface area contributed by atoms with Crippen LogP contribution in [0.3, 0.4) is 0 Å². The van der Waals surface area contributed by atoms with Crippen LogP contribution < -0.4 is 5.32 Å². The van der Waals surface area contributed by atoms with E-state index in [1.54, 1.807) is 0 Å². The van der Waals surface area contributed by atoms with E-state index in [4.69, 9.17) is 0 Å². The maximum atomic E-state index is 4.43. The minimum Gasteiger partial charge on any atom is -0.310 e. The summed E-state index contributed by atoms with van der Waals surface area (Å²) in [6.07, 6.45) is 6.44. The van der Waals surface area contributed by atoms with E-state index in [9.17, 15) is 0 Å². The fourth-order valence-electron chi connectivity index (χ4n) is 2.57. The molecule has 1 unspecified atom stereocenters. The summed E-state index contributed by atoms with van der Waals surface area (Å²) in [5, 5.41) is 7.99. The molecule has 1 N–H and O–H groups in total. The van der Waals surface area contributed by atoms with Crippen LogP contribution in [0.4, 0.5) is 0 Å². The Morgan fingerprint density at radius 3 is 2.74 bits per heavy atom. The van der Waals surface area contributed by atoms with E-state index in [2.05, 4.69) is 42.4 Å². The van der Waals surface area contributed by atoms with Gasteiger partial charge >= 0.3 is 0 Å². The molecule has 0 aliphatic carbocycles. The summed E-state index contributed by atoms with van der Waals surface area (Å²) < 4.78 is 1.86. The molecule has 4 heteroatoms. The SMILES string of the molecule is CCC(CC)C(C)NCc1cnc2cc(C)nn2c1. The Labute approximate surface area is 115 Å². The Hall–Kier alpha value is -1.42. The van der Waals surface area contributed by atoms with Gasteiger partial charge in [0.25, 0.3) is 0 Å². The highest BCUT2D eigenvalue weighted by atomic mass is 15.2. The average Bonchev–Trinajstić information content (AvgIpc) is 2.77. The standard InChI is InChI=1S/C15H24N4/c1-5-14(6-2)12(4)16-8-13-9-17-15-7-11(3)18-19(15)10-13/h7,9-10,12,14,16H,5-6,8H2,1-4H3. The van der Waals surface area contributed by atoms with Crippen molar-refractivity contribution in [3.63, 3.8) is 0 Å². The van der Waals surface area contributed by atoms with Gasteiger partial charge in [0.05, 0.1) is 5.69 Å². The zero-order valence-corrected chi connectivity index (χ0v) is 12.3. The van der Waals surface area contributed by atoms with Gasteiger partial charge in [-0.05, 0) is 19.8 Å². The quantitative estimate of drug-likeness (QED) is 0.868. The van der Waals surface area contributed by atoms with E-state index in [0.29, 0.717) is 6.04 Å². The summed E-state index contributed by atoms with van der Waals surface area (Å²) in [7, 11) is 0. The van der Waals surface area contributed by atoms with E-state index >= 15 is 0 Å². The first-order chi connectivity index (χ1) is 9.13. The van der Waals surface area contributed by atoms with Crippen LogP contribution in [-0.4, -0.2) is 20.6 Å². The van der Waals surface area contributed by atoms with Crippen molar-refractivity contribution in [2.75, 3.05) is 0 Å². The molecule has 0 saturated carbocycles. The van der Waals surface area contributed by atoms with Gasteiger partial charge in [-0.1, -0.05) is 26.7 Å². The summed E-state index contributed by atoms with van der Waals surface area (Å²) in [5.74, 6) is 0.739. The highest BCUT2D eigenvalue weighted by Gasteiger charge is 2.12. The smallest absolute Gasteiger partial charge is 0.155 e. The molecule has 2 heterocycles. The number of rotatable bonds is 6. The van der Waals surface area contributed by atoms with E-state index in [-0.39, 0.29) is 0 Å². The van der Waals surface area contributed by atoms with Crippen LogP contribution in [0.1, 0.15) is 44.9 Å². The van der Waals surface area contributed by atoms with Gasteiger partial charge in [-0.3, -0.25) is 0 Å². The molecule has 0 aromatic carbocycles.